The van der Waals surface area contributed by atoms with Crippen molar-refractivity contribution in [2.24, 2.45) is 16.6 Å². The lowest BCUT2D eigenvalue weighted by Crippen LogP contribution is -2.46. The maximum absolute atomic E-state index is 12.8. The van der Waals surface area contributed by atoms with Gasteiger partial charge in [-0.1, -0.05) is 31.7 Å². The summed E-state index contributed by atoms with van der Waals surface area (Å²) in [5.41, 5.74) is 8.11. The second kappa shape index (κ2) is 9.47. The number of ether oxygens (including phenoxy) is 1. The Bertz CT molecular complexity index is 905. The summed E-state index contributed by atoms with van der Waals surface area (Å²) < 4.78 is 5.53. The van der Waals surface area contributed by atoms with E-state index in [2.05, 4.69) is 30.6 Å². The van der Waals surface area contributed by atoms with Crippen molar-refractivity contribution in [2.45, 2.75) is 77.2 Å². The Kier molecular flexibility index (Phi) is 7.11. The maximum atomic E-state index is 12.8. The summed E-state index contributed by atoms with van der Waals surface area (Å²) >= 11 is 0. The van der Waals surface area contributed by atoms with E-state index in [0.29, 0.717) is 31.2 Å². The number of hydrogen-bond acceptors (Lipinski definition) is 5. The summed E-state index contributed by atoms with van der Waals surface area (Å²) in [6.07, 6.45) is 6.54. The highest BCUT2D eigenvalue weighted by Gasteiger charge is 2.46. The van der Waals surface area contributed by atoms with Gasteiger partial charge < -0.3 is 15.4 Å². The molecule has 1 heterocycles. The van der Waals surface area contributed by atoms with Crippen LogP contribution in [-0.4, -0.2) is 41.7 Å². The van der Waals surface area contributed by atoms with Crippen molar-refractivity contribution in [3.8, 4) is 0 Å². The molecule has 0 saturated carbocycles. The van der Waals surface area contributed by atoms with Crippen LogP contribution in [0.5, 0.6) is 0 Å². The molecule has 1 amide bonds. The van der Waals surface area contributed by atoms with Gasteiger partial charge >= 0.3 is 6.09 Å². The molecule has 1 fully saturated rings. The minimum atomic E-state index is -0.502. The number of amides is 1. The van der Waals surface area contributed by atoms with Gasteiger partial charge in [-0.05, 0) is 69.9 Å². The van der Waals surface area contributed by atoms with Crippen molar-refractivity contribution < 1.29 is 14.3 Å². The molecule has 1 aromatic rings. The minimum absolute atomic E-state index is 0.154. The topological polar surface area (TPSA) is 85.0 Å². The van der Waals surface area contributed by atoms with Crippen LogP contribution < -0.4 is 5.73 Å². The quantitative estimate of drug-likeness (QED) is 0.632. The number of hydrogen-bond donors (Lipinski definition) is 1. The summed E-state index contributed by atoms with van der Waals surface area (Å²) in [7, 11) is 0. The van der Waals surface area contributed by atoms with E-state index in [1.165, 1.54) is 11.1 Å². The number of piperidine rings is 1. The van der Waals surface area contributed by atoms with Crippen LogP contribution in [0, 0.1) is 5.92 Å². The molecule has 6 heteroatoms. The molecule has 1 aliphatic heterocycles. The average molecular weight is 440 g/mol. The van der Waals surface area contributed by atoms with Gasteiger partial charge in [0.1, 0.15) is 11.4 Å². The van der Waals surface area contributed by atoms with Crippen LogP contribution >= 0.6 is 0 Å². The van der Waals surface area contributed by atoms with Crippen molar-refractivity contribution in [1.82, 2.24) is 4.90 Å². The summed E-state index contributed by atoms with van der Waals surface area (Å²) in [5.74, 6) is 1.06. The zero-order valence-electron chi connectivity index (χ0n) is 19.9. The molecule has 32 heavy (non-hydrogen) atoms. The fourth-order valence-corrected chi connectivity index (χ4v) is 4.83. The molecular formula is C26H37N3O3. The summed E-state index contributed by atoms with van der Waals surface area (Å²) in [5, 5.41) is 0. The van der Waals surface area contributed by atoms with Crippen LogP contribution in [-0.2, 0) is 16.6 Å². The Labute approximate surface area is 191 Å². The largest absolute Gasteiger partial charge is 0.444 e. The van der Waals surface area contributed by atoms with Crippen LogP contribution in [0.15, 0.2) is 35.6 Å². The highest BCUT2D eigenvalue weighted by atomic mass is 16.6. The number of rotatable bonds is 6. The number of fused-ring (bicyclic) bond motifs is 2. The number of ketones is 1. The van der Waals surface area contributed by atoms with Gasteiger partial charge in [0.15, 0.2) is 5.78 Å². The number of nitrogens with zero attached hydrogens (tertiary/aromatic N) is 2. The standard InChI is InChI=1S/C26H37N3O3/c1-18(7-6-12-28-19(2)27)15-20-8-9-21-22(16-20)26(17-23(21)30)10-13-29(14-11-26)24(31)32-25(3,4)5/h8-9,12,16,18H,2,6-7,10-11,13-15,17,27H2,1,3-5H3/b28-12-/t18-/m0/s1. The summed E-state index contributed by atoms with van der Waals surface area (Å²) in [6.45, 7) is 12.7. The second-order valence-electron chi connectivity index (χ2n) is 10.4. The molecule has 2 N–H and O–H groups in total. The van der Waals surface area contributed by atoms with E-state index in [9.17, 15) is 9.59 Å². The van der Waals surface area contributed by atoms with Gasteiger partial charge in [-0.2, -0.15) is 0 Å². The van der Waals surface area contributed by atoms with E-state index in [-0.39, 0.29) is 17.3 Å². The highest BCUT2D eigenvalue weighted by molar-refractivity contribution is 6.02. The summed E-state index contributed by atoms with van der Waals surface area (Å²) in [6, 6.07) is 6.35. The minimum Gasteiger partial charge on any atom is -0.444 e. The molecule has 1 saturated heterocycles. The van der Waals surface area contributed by atoms with Gasteiger partial charge in [-0.25, -0.2) is 9.79 Å². The molecule has 0 aromatic heterocycles. The first-order valence-corrected chi connectivity index (χ1v) is 11.6. The first-order valence-electron chi connectivity index (χ1n) is 11.6. The molecule has 1 aromatic carbocycles. The molecule has 0 bridgehead atoms. The number of likely N-dealkylation sites (tertiary alicyclic amines) is 1. The monoisotopic (exact) mass is 439 g/mol. The lowest BCUT2D eigenvalue weighted by atomic mass is 9.73. The van der Waals surface area contributed by atoms with Crippen molar-refractivity contribution >= 4 is 18.1 Å². The molecule has 3 rings (SSSR count). The van der Waals surface area contributed by atoms with Crippen LogP contribution in [0.1, 0.15) is 81.3 Å². The smallest absolute Gasteiger partial charge is 0.410 e. The Morgan fingerprint density at radius 1 is 1.34 bits per heavy atom. The molecule has 1 aliphatic carbocycles. The van der Waals surface area contributed by atoms with Gasteiger partial charge in [0.2, 0.25) is 0 Å². The zero-order chi connectivity index (χ0) is 23.5. The Morgan fingerprint density at radius 3 is 2.66 bits per heavy atom. The zero-order valence-corrected chi connectivity index (χ0v) is 19.9. The van der Waals surface area contributed by atoms with Gasteiger partial charge in [-0.3, -0.25) is 4.79 Å². The Hall–Kier alpha value is -2.63. The molecular weight excluding hydrogens is 402 g/mol. The number of carbonyl (C=O) groups is 2. The molecule has 0 radical (unpaired) electrons. The molecule has 1 atom stereocenters. The third-order valence-electron chi connectivity index (χ3n) is 6.46. The number of aliphatic imine (C=N–C) groups is 1. The molecule has 1 spiro atoms. The van der Waals surface area contributed by atoms with Crippen LogP contribution in [0.2, 0.25) is 0 Å². The number of carbonyl (C=O) groups excluding carboxylic acids is 2. The van der Waals surface area contributed by atoms with Gasteiger partial charge in [0.25, 0.3) is 0 Å². The lowest BCUT2D eigenvalue weighted by molar-refractivity contribution is 0.0165. The normalized spacial score (nSPS) is 18.8. The Morgan fingerprint density at radius 2 is 2.03 bits per heavy atom. The molecule has 174 valence electrons. The van der Waals surface area contributed by atoms with Gasteiger partial charge in [0.05, 0.1) is 0 Å². The lowest BCUT2D eigenvalue weighted by Gasteiger charge is -2.40. The van der Waals surface area contributed by atoms with Crippen LogP contribution in [0.25, 0.3) is 0 Å². The van der Waals surface area contributed by atoms with Crippen molar-refractivity contribution in [1.29, 1.82) is 0 Å². The molecule has 2 aliphatic rings. The second-order valence-corrected chi connectivity index (χ2v) is 10.4. The van der Waals surface area contributed by atoms with Gasteiger partial charge in [0, 0.05) is 36.7 Å². The van der Waals surface area contributed by atoms with E-state index < -0.39 is 5.60 Å². The SMILES string of the molecule is C=C(N)/N=C\CC[C@H](C)Cc1ccc2c(c1)C1(CCN(C(=O)OC(C)(C)C)CC1)CC2=O. The number of benzene rings is 1. The highest BCUT2D eigenvalue weighted by Crippen LogP contribution is 2.46. The fourth-order valence-electron chi connectivity index (χ4n) is 4.83. The molecule has 6 nitrogen and oxygen atoms in total. The van der Waals surface area contributed by atoms with E-state index in [4.69, 9.17) is 10.5 Å². The first kappa shape index (κ1) is 24.0. The van der Waals surface area contributed by atoms with E-state index >= 15 is 0 Å². The first-order chi connectivity index (χ1) is 15.0. The third-order valence-corrected chi connectivity index (χ3v) is 6.46. The average Bonchev–Trinajstić information content (AvgIpc) is 2.95. The van der Waals surface area contributed by atoms with Crippen LogP contribution in [0.3, 0.4) is 0 Å². The van der Waals surface area contributed by atoms with Crippen LogP contribution in [0.4, 0.5) is 4.79 Å². The number of nitrogens with two attached hydrogens (primary N) is 1. The third kappa shape index (κ3) is 5.78. The predicted molar refractivity (Wildman–Crippen MR) is 128 cm³/mol. The summed E-state index contributed by atoms with van der Waals surface area (Å²) in [4.78, 5) is 31.0. The number of Topliss-reactive ketones (excluding diaryl/α,β-unsaturated/α-hetero) is 1. The van der Waals surface area contributed by atoms with Crippen molar-refractivity contribution in [2.75, 3.05) is 13.1 Å². The predicted octanol–water partition coefficient (Wildman–Crippen LogP) is 5.00. The Balaban J connectivity index is 1.67. The van der Waals surface area contributed by atoms with Crippen molar-refractivity contribution in [3.63, 3.8) is 0 Å². The van der Waals surface area contributed by atoms with E-state index in [1.54, 1.807) is 4.90 Å². The fraction of sp³-hybridized carbons (Fsp3) is 0.577. The van der Waals surface area contributed by atoms with Gasteiger partial charge in [-0.15, -0.1) is 0 Å². The van der Waals surface area contributed by atoms with E-state index in [1.807, 2.05) is 33.1 Å². The van der Waals surface area contributed by atoms with Crippen molar-refractivity contribution in [3.05, 3.63) is 47.3 Å². The maximum Gasteiger partial charge on any atom is 0.410 e. The van der Waals surface area contributed by atoms with E-state index in [0.717, 1.165) is 37.7 Å². The molecule has 0 unspecified atom stereocenters.